The van der Waals surface area contributed by atoms with Crippen molar-refractivity contribution in [3.63, 3.8) is 0 Å². The van der Waals surface area contributed by atoms with Gasteiger partial charge < -0.3 is 10.4 Å². The molecule has 4 rings (SSSR count). The van der Waals surface area contributed by atoms with Crippen LogP contribution in [-0.4, -0.2) is 17.6 Å². The predicted octanol–water partition coefficient (Wildman–Crippen LogP) is 6.16. The van der Waals surface area contributed by atoms with Gasteiger partial charge >= 0.3 is 0 Å². The van der Waals surface area contributed by atoms with Crippen molar-refractivity contribution < 1.29 is 9.90 Å². The molecular weight excluding hydrogens is 394 g/mol. The Kier molecular flexibility index (Phi) is 6.64. The summed E-state index contributed by atoms with van der Waals surface area (Å²) < 4.78 is 0. The number of aryl methyl sites for hydroxylation is 1. The van der Waals surface area contributed by atoms with Crippen molar-refractivity contribution in [2.24, 2.45) is 0 Å². The van der Waals surface area contributed by atoms with Gasteiger partial charge in [-0.15, -0.1) is 0 Å². The van der Waals surface area contributed by atoms with Crippen molar-refractivity contribution in [2.75, 3.05) is 6.54 Å². The van der Waals surface area contributed by atoms with Crippen molar-refractivity contribution in [1.82, 2.24) is 5.32 Å². The molecule has 0 heterocycles. The molecule has 3 aromatic rings. The minimum Gasteiger partial charge on any atom is -0.507 e. The number of carbonyl (C=O) groups excluding carboxylic acids is 1. The maximum Gasteiger partial charge on any atom is 0.220 e. The summed E-state index contributed by atoms with van der Waals surface area (Å²) in [6.07, 6.45) is 4.93. The lowest BCUT2D eigenvalue weighted by molar-refractivity contribution is -0.121. The van der Waals surface area contributed by atoms with Crippen LogP contribution in [0.3, 0.4) is 0 Å². The lowest BCUT2D eigenvalue weighted by Crippen LogP contribution is -2.39. The summed E-state index contributed by atoms with van der Waals surface area (Å²) in [5.41, 5.74) is 5.13. The van der Waals surface area contributed by atoms with Gasteiger partial charge in [-0.2, -0.15) is 0 Å². The molecule has 1 aliphatic rings. The molecule has 1 atom stereocenters. The van der Waals surface area contributed by atoms with Crippen LogP contribution < -0.4 is 5.32 Å². The Morgan fingerprint density at radius 1 is 0.938 bits per heavy atom. The van der Waals surface area contributed by atoms with Crippen LogP contribution in [0.25, 0.3) is 0 Å². The summed E-state index contributed by atoms with van der Waals surface area (Å²) in [6.45, 7) is 4.59. The summed E-state index contributed by atoms with van der Waals surface area (Å²) in [6, 6.07) is 24.6. The second-order valence-corrected chi connectivity index (χ2v) is 9.24. The number of aromatic hydroxyl groups is 1. The molecular formula is C29H33NO2. The second kappa shape index (κ2) is 9.60. The molecule has 1 saturated carbocycles. The Hall–Kier alpha value is -3.07. The highest BCUT2D eigenvalue weighted by molar-refractivity contribution is 5.78. The van der Waals surface area contributed by atoms with Crippen molar-refractivity contribution >= 4 is 5.91 Å². The molecule has 2 N–H and O–H groups in total. The molecule has 1 aliphatic carbocycles. The molecule has 0 aromatic heterocycles. The molecule has 166 valence electrons. The summed E-state index contributed by atoms with van der Waals surface area (Å²) >= 11 is 0. The number of carbonyl (C=O) groups is 1. The second-order valence-electron chi connectivity index (χ2n) is 9.24. The molecule has 0 bridgehead atoms. The van der Waals surface area contributed by atoms with E-state index in [9.17, 15) is 9.90 Å². The van der Waals surface area contributed by atoms with E-state index in [4.69, 9.17) is 0 Å². The number of phenolic OH excluding ortho intramolecular Hbond substituents is 1. The van der Waals surface area contributed by atoms with Gasteiger partial charge in [-0.1, -0.05) is 85.6 Å². The smallest absolute Gasteiger partial charge is 0.220 e. The molecule has 0 aliphatic heterocycles. The fourth-order valence-corrected chi connectivity index (χ4v) is 5.13. The van der Waals surface area contributed by atoms with Gasteiger partial charge in [0, 0.05) is 29.9 Å². The average molecular weight is 428 g/mol. The monoisotopic (exact) mass is 427 g/mol. The number of rotatable bonds is 7. The van der Waals surface area contributed by atoms with Crippen LogP contribution in [0.15, 0.2) is 72.8 Å². The van der Waals surface area contributed by atoms with Crippen LogP contribution in [0, 0.1) is 13.8 Å². The first kappa shape index (κ1) is 22.1. The molecule has 1 fully saturated rings. The SMILES string of the molecule is Cc1ccc(C(CC(=O)NCC2(c3ccccc3)CCCC2)c2ccccc2)c(O)c1C. The zero-order valence-corrected chi connectivity index (χ0v) is 19.1. The van der Waals surface area contributed by atoms with Gasteiger partial charge in [0.25, 0.3) is 0 Å². The third-order valence-electron chi connectivity index (χ3n) is 7.27. The van der Waals surface area contributed by atoms with Gasteiger partial charge in [-0.3, -0.25) is 4.79 Å². The summed E-state index contributed by atoms with van der Waals surface area (Å²) in [7, 11) is 0. The normalized spacial score (nSPS) is 15.9. The summed E-state index contributed by atoms with van der Waals surface area (Å²) in [5.74, 6) is 0.133. The van der Waals surface area contributed by atoms with Crippen LogP contribution in [0.2, 0.25) is 0 Å². The van der Waals surface area contributed by atoms with Crippen LogP contribution in [0.1, 0.15) is 65.8 Å². The Bertz CT molecular complexity index is 1050. The van der Waals surface area contributed by atoms with E-state index in [-0.39, 0.29) is 17.2 Å². The van der Waals surface area contributed by atoms with Crippen molar-refractivity contribution in [1.29, 1.82) is 0 Å². The third kappa shape index (κ3) is 4.57. The first-order chi connectivity index (χ1) is 15.5. The number of amides is 1. The number of nitrogens with one attached hydrogen (secondary N) is 1. The number of phenols is 1. The highest BCUT2D eigenvalue weighted by Gasteiger charge is 2.36. The van der Waals surface area contributed by atoms with Gasteiger partial charge in [0.1, 0.15) is 5.75 Å². The molecule has 3 nitrogen and oxygen atoms in total. The van der Waals surface area contributed by atoms with Crippen LogP contribution in [0.5, 0.6) is 5.75 Å². The topological polar surface area (TPSA) is 49.3 Å². The molecule has 0 radical (unpaired) electrons. The van der Waals surface area contributed by atoms with E-state index in [0.717, 1.165) is 35.1 Å². The van der Waals surface area contributed by atoms with Crippen molar-refractivity contribution in [2.45, 2.75) is 57.3 Å². The first-order valence-electron chi connectivity index (χ1n) is 11.7. The van der Waals surface area contributed by atoms with Crippen molar-refractivity contribution in [3.05, 3.63) is 101 Å². The minimum atomic E-state index is -0.188. The molecule has 0 saturated heterocycles. The fourth-order valence-electron chi connectivity index (χ4n) is 5.13. The number of benzene rings is 3. The Morgan fingerprint density at radius 3 is 2.22 bits per heavy atom. The van der Waals surface area contributed by atoms with Crippen LogP contribution in [-0.2, 0) is 10.2 Å². The lowest BCUT2D eigenvalue weighted by atomic mass is 9.78. The molecule has 1 unspecified atom stereocenters. The van der Waals surface area contributed by atoms with Gasteiger partial charge in [-0.05, 0) is 48.9 Å². The van der Waals surface area contributed by atoms with E-state index < -0.39 is 0 Å². The van der Waals surface area contributed by atoms with E-state index in [1.165, 1.54) is 18.4 Å². The minimum absolute atomic E-state index is 0.0266. The fraction of sp³-hybridized carbons (Fsp3) is 0.345. The van der Waals surface area contributed by atoms with Gasteiger partial charge in [0.2, 0.25) is 5.91 Å². The zero-order valence-electron chi connectivity index (χ0n) is 19.1. The van der Waals surface area contributed by atoms with E-state index in [2.05, 4.69) is 29.6 Å². The van der Waals surface area contributed by atoms with E-state index in [1.54, 1.807) is 0 Å². The molecule has 3 heteroatoms. The Labute approximate surface area is 191 Å². The maximum atomic E-state index is 13.2. The quantitative estimate of drug-likeness (QED) is 0.474. The van der Waals surface area contributed by atoms with Gasteiger partial charge in [0.05, 0.1) is 0 Å². The summed E-state index contributed by atoms with van der Waals surface area (Å²) in [4.78, 5) is 13.2. The average Bonchev–Trinajstić information content (AvgIpc) is 3.32. The van der Waals surface area contributed by atoms with Gasteiger partial charge in [0.15, 0.2) is 0 Å². The molecule has 0 spiro atoms. The van der Waals surface area contributed by atoms with Crippen LogP contribution in [0.4, 0.5) is 0 Å². The van der Waals surface area contributed by atoms with E-state index in [1.807, 2.05) is 62.4 Å². The predicted molar refractivity (Wildman–Crippen MR) is 130 cm³/mol. The highest BCUT2D eigenvalue weighted by atomic mass is 16.3. The zero-order chi connectivity index (χ0) is 22.6. The van der Waals surface area contributed by atoms with Crippen molar-refractivity contribution in [3.8, 4) is 5.75 Å². The lowest BCUT2D eigenvalue weighted by Gasteiger charge is -2.30. The van der Waals surface area contributed by atoms with E-state index in [0.29, 0.717) is 18.7 Å². The number of hydrogen-bond donors (Lipinski definition) is 2. The molecule has 3 aromatic carbocycles. The molecule has 32 heavy (non-hydrogen) atoms. The standard InChI is InChI=1S/C29H33NO2/c1-21-15-16-25(28(32)22(21)2)26(23-11-5-3-6-12-23)19-27(31)30-20-29(17-9-10-18-29)24-13-7-4-8-14-24/h3-8,11-16,26,32H,9-10,17-20H2,1-2H3,(H,30,31). The Morgan fingerprint density at radius 2 is 1.56 bits per heavy atom. The third-order valence-corrected chi connectivity index (χ3v) is 7.27. The van der Waals surface area contributed by atoms with Crippen LogP contribution >= 0.6 is 0 Å². The Balaban J connectivity index is 1.55. The van der Waals surface area contributed by atoms with E-state index >= 15 is 0 Å². The molecule has 1 amide bonds. The van der Waals surface area contributed by atoms with Gasteiger partial charge in [-0.25, -0.2) is 0 Å². The maximum absolute atomic E-state index is 13.2. The first-order valence-corrected chi connectivity index (χ1v) is 11.7. The largest absolute Gasteiger partial charge is 0.507 e. The number of hydrogen-bond acceptors (Lipinski definition) is 2. The highest BCUT2D eigenvalue weighted by Crippen LogP contribution is 2.41. The summed E-state index contributed by atoms with van der Waals surface area (Å²) in [5, 5.41) is 14.1.